The summed E-state index contributed by atoms with van der Waals surface area (Å²) in [6, 6.07) is 4.00. The molecule has 7 heteroatoms. The van der Waals surface area contributed by atoms with Crippen LogP contribution in [0.15, 0.2) is 23.1 Å². The van der Waals surface area contributed by atoms with Crippen molar-refractivity contribution in [2.75, 3.05) is 13.2 Å². The first kappa shape index (κ1) is 16.8. The Morgan fingerprint density at radius 2 is 2.00 bits per heavy atom. The number of ether oxygens (including phenoxy) is 2. The van der Waals surface area contributed by atoms with Crippen LogP contribution in [0.5, 0.6) is 5.75 Å². The minimum absolute atomic E-state index is 0.114. The third kappa shape index (κ3) is 4.68. The number of esters is 1. The lowest BCUT2D eigenvalue weighted by Crippen LogP contribution is -2.11. The number of benzene rings is 1. The van der Waals surface area contributed by atoms with E-state index in [9.17, 15) is 13.2 Å². The lowest BCUT2D eigenvalue weighted by Gasteiger charge is -2.10. The lowest BCUT2D eigenvalue weighted by atomic mass is 10.2. The maximum Gasteiger partial charge on any atom is 0.338 e. The minimum Gasteiger partial charge on any atom is -0.492 e. The molecular weight excluding hydrogens is 304 g/mol. The summed E-state index contributed by atoms with van der Waals surface area (Å²) in [5.41, 5.74) is 0.119. The molecule has 0 unspecified atom stereocenters. The fourth-order valence-corrected chi connectivity index (χ4v) is 2.42. The fourth-order valence-electron chi connectivity index (χ4n) is 1.43. The average molecular weight is 321 g/mol. The van der Waals surface area contributed by atoms with Gasteiger partial charge < -0.3 is 9.47 Å². The molecule has 0 aliphatic rings. The summed E-state index contributed by atoms with van der Waals surface area (Å²) < 4.78 is 33.2. The van der Waals surface area contributed by atoms with Gasteiger partial charge in [0.25, 0.3) is 9.05 Å². The van der Waals surface area contributed by atoms with Crippen LogP contribution in [-0.2, 0) is 13.8 Å². The zero-order valence-corrected chi connectivity index (χ0v) is 13.1. The quantitative estimate of drug-likeness (QED) is 0.595. The van der Waals surface area contributed by atoms with Crippen LogP contribution in [0.2, 0.25) is 0 Å². The summed E-state index contributed by atoms with van der Waals surface area (Å²) in [6.45, 7) is 6.07. The summed E-state index contributed by atoms with van der Waals surface area (Å²) >= 11 is 0. The van der Waals surface area contributed by atoms with Crippen LogP contribution in [0.25, 0.3) is 0 Å². The molecule has 0 atom stereocenters. The molecule has 1 rings (SSSR count). The molecule has 0 N–H and O–H groups in total. The van der Waals surface area contributed by atoms with Crippen LogP contribution in [0.3, 0.4) is 0 Å². The predicted octanol–water partition coefficient (Wildman–Crippen LogP) is 2.83. The molecule has 0 aromatic heterocycles. The van der Waals surface area contributed by atoms with Crippen molar-refractivity contribution in [2.45, 2.75) is 25.7 Å². The molecule has 20 heavy (non-hydrogen) atoms. The number of halogens is 1. The van der Waals surface area contributed by atoms with E-state index in [1.54, 1.807) is 6.92 Å². The molecule has 1 aromatic rings. The number of carbonyl (C=O) groups excluding carboxylic acids is 1. The Balaban J connectivity index is 3.10. The van der Waals surface area contributed by atoms with E-state index in [-0.39, 0.29) is 35.3 Å². The van der Waals surface area contributed by atoms with Gasteiger partial charge in [0, 0.05) is 10.7 Å². The third-order valence-corrected chi connectivity index (χ3v) is 3.63. The molecule has 5 nitrogen and oxygen atoms in total. The van der Waals surface area contributed by atoms with Gasteiger partial charge in [-0.15, -0.1) is 0 Å². The number of hydrogen-bond acceptors (Lipinski definition) is 5. The first-order chi connectivity index (χ1) is 9.25. The second-order valence-electron chi connectivity index (χ2n) is 4.52. The Bertz CT molecular complexity index is 580. The molecular formula is C13H17ClO5S. The summed E-state index contributed by atoms with van der Waals surface area (Å²) in [4.78, 5) is 11.6. The summed E-state index contributed by atoms with van der Waals surface area (Å²) in [6.07, 6.45) is 0. The molecule has 0 saturated carbocycles. The predicted molar refractivity (Wildman–Crippen MR) is 75.8 cm³/mol. The number of rotatable bonds is 6. The van der Waals surface area contributed by atoms with E-state index in [1.807, 2.05) is 13.8 Å². The smallest absolute Gasteiger partial charge is 0.338 e. The third-order valence-electron chi connectivity index (χ3n) is 2.29. The summed E-state index contributed by atoms with van der Waals surface area (Å²) in [7, 11) is 1.34. The van der Waals surface area contributed by atoms with Crippen molar-refractivity contribution < 1.29 is 22.7 Å². The van der Waals surface area contributed by atoms with Crippen LogP contribution < -0.4 is 4.74 Å². The van der Waals surface area contributed by atoms with Crippen molar-refractivity contribution in [1.29, 1.82) is 0 Å². The van der Waals surface area contributed by atoms with Crippen LogP contribution in [0.4, 0.5) is 0 Å². The Hall–Kier alpha value is -1.27. The normalized spacial score (nSPS) is 11.4. The van der Waals surface area contributed by atoms with Crippen LogP contribution in [0, 0.1) is 5.92 Å². The Morgan fingerprint density at radius 3 is 2.50 bits per heavy atom. The molecule has 0 radical (unpaired) electrons. The van der Waals surface area contributed by atoms with Crippen LogP contribution >= 0.6 is 10.7 Å². The van der Waals surface area contributed by atoms with Crippen LogP contribution in [0.1, 0.15) is 31.1 Å². The second kappa shape index (κ2) is 6.95. The van der Waals surface area contributed by atoms with Crippen molar-refractivity contribution in [3.05, 3.63) is 23.8 Å². The highest BCUT2D eigenvalue weighted by Crippen LogP contribution is 2.28. The topological polar surface area (TPSA) is 69.7 Å². The van der Waals surface area contributed by atoms with E-state index in [0.29, 0.717) is 0 Å². The summed E-state index contributed by atoms with van der Waals surface area (Å²) in [5.74, 6) is -0.288. The fraction of sp³-hybridized carbons (Fsp3) is 0.462. The highest BCUT2D eigenvalue weighted by Gasteiger charge is 2.20. The molecule has 0 bridgehead atoms. The van der Waals surface area contributed by atoms with E-state index >= 15 is 0 Å². The monoisotopic (exact) mass is 320 g/mol. The minimum atomic E-state index is -4.00. The highest BCUT2D eigenvalue weighted by atomic mass is 35.7. The highest BCUT2D eigenvalue weighted by molar-refractivity contribution is 8.13. The van der Waals surface area contributed by atoms with E-state index < -0.39 is 15.0 Å². The molecule has 0 spiro atoms. The van der Waals surface area contributed by atoms with Crippen LogP contribution in [-0.4, -0.2) is 27.6 Å². The largest absolute Gasteiger partial charge is 0.492 e. The van der Waals surface area contributed by atoms with Gasteiger partial charge in [-0.3, -0.25) is 0 Å². The van der Waals surface area contributed by atoms with E-state index in [0.717, 1.165) is 6.07 Å². The maximum absolute atomic E-state index is 11.8. The van der Waals surface area contributed by atoms with E-state index in [1.165, 1.54) is 12.1 Å². The van der Waals surface area contributed by atoms with Crippen molar-refractivity contribution >= 4 is 25.7 Å². The van der Waals surface area contributed by atoms with Gasteiger partial charge in [-0.2, -0.15) is 0 Å². The van der Waals surface area contributed by atoms with Gasteiger partial charge in [0.15, 0.2) is 0 Å². The van der Waals surface area contributed by atoms with E-state index in [4.69, 9.17) is 20.2 Å². The maximum atomic E-state index is 11.8. The molecule has 112 valence electrons. The van der Waals surface area contributed by atoms with Gasteiger partial charge in [0.05, 0.1) is 18.8 Å². The van der Waals surface area contributed by atoms with Gasteiger partial charge >= 0.3 is 5.97 Å². The van der Waals surface area contributed by atoms with Gasteiger partial charge in [-0.1, -0.05) is 13.8 Å². The van der Waals surface area contributed by atoms with Crippen molar-refractivity contribution in [1.82, 2.24) is 0 Å². The van der Waals surface area contributed by atoms with Crippen molar-refractivity contribution in [3.8, 4) is 5.75 Å². The molecule has 0 aliphatic heterocycles. The second-order valence-corrected chi connectivity index (χ2v) is 7.06. The zero-order chi connectivity index (χ0) is 15.3. The zero-order valence-electron chi connectivity index (χ0n) is 11.6. The van der Waals surface area contributed by atoms with Crippen molar-refractivity contribution in [3.63, 3.8) is 0 Å². The molecule has 0 heterocycles. The molecule has 0 saturated heterocycles. The standard InChI is InChI=1S/C13H17ClO5S/c1-4-18-11-6-5-10(7-12(11)20(14,16)17)13(15)19-8-9(2)3/h5-7,9H,4,8H2,1-3H3. The molecule has 0 aliphatic carbocycles. The first-order valence-corrected chi connectivity index (χ1v) is 8.45. The van der Waals surface area contributed by atoms with Gasteiger partial charge in [-0.05, 0) is 31.0 Å². The van der Waals surface area contributed by atoms with Gasteiger partial charge in [0.2, 0.25) is 0 Å². The molecule has 0 amide bonds. The number of carbonyl (C=O) groups is 1. The Labute approximate surface area is 123 Å². The van der Waals surface area contributed by atoms with Crippen molar-refractivity contribution in [2.24, 2.45) is 5.92 Å². The number of hydrogen-bond donors (Lipinski definition) is 0. The summed E-state index contributed by atoms with van der Waals surface area (Å²) in [5, 5.41) is 0. The lowest BCUT2D eigenvalue weighted by molar-refractivity contribution is 0.0458. The SMILES string of the molecule is CCOc1ccc(C(=O)OCC(C)C)cc1S(=O)(=O)Cl. The molecule has 0 fully saturated rings. The van der Waals surface area contributed by atoms with Gasteiger partial charge in [-0.25, -0.2) is 13.2 Å². The Morgan fingerprint density at radius 1 is 1.35 bits per heavy atom. The first-order valence-electron chi connectivity index (χ1n) is 6.14. The average Bonchev–Trinajstić information content (AvgIpc) is 2.35. The Kier molecular flexibility index (Phi) is 5.83. The van der Waals surface area contributed by atoms with E-state index in [2.05, 4.69) is 0 Å². The molecule has 1 aromatic carbocycles. The van der Waals surface area contributed by atoms with Gasteiger partial charge in [0.1, 0.15) is 10.6 Å².